The standard InChI is InChI=1S/C20H22N4O3S/c1-14-6-8-15(9-7-14)24-19(17-5-3-11-27-17)22-23-20(24)28-13-18(25)21-12-16-4-2-10-26-16/h3,5-9,11,16H,2,4,10,12-13H2,1H3,(H,21,25). The van der Waals surface area contributed by atoms with Gasteiger partial charge < -0.3 is 14.5 Å². The Kier molecular flexibility index (Phi) is 5.78. The molecule has 1 unspecified atom stereocenters. The summed E-state index contributed by atoms with van der Waals surface area (Å²) in [6, 6.07) is 11.7. The first kappa shape index (κ1) is 18.8. The SMILES string of the molecule is Cc1ccc(-n2c(SCC(=O)NCC3CCCO3)nnc2-c2ccco2)cc1. The van der Waals surface area contributed by atoms with Crippen molar-refractivity contribution < 1.29 is 13.9 Å². The highest BCUT2D eigenvalue weighted by atomic mass is 32.2. The van der Waals surface area contributed by atoms with Gasteiger partial charge in [-0.25, -0.2) is 0 Å². The van der Waals surface area contributed by atoms with E-state index >= 15 is 0 Å². The molecule has 146 valence electrons. The molecule has 0 saturated carbocycles. The Hall–Kier alpha value is -2.58. The lowest BCUT2D eigenvalue weighted by atomic mass is 10.2. The van der Waals surface area contributed by atoms with Gasteiger partial charge in [-0.1, -0.05) is 29.5 Å². The van der Waals surface area contributed by atoms with Crippen LogP contribution in [0, 0.1) is 6.92 Å². The van der Waals surface area contributed by atoms with E-state index in [1.165, 1.54) is 17.3 Å². The van der Waals surface area contributed by atoms with Crippen molar-refractivity contribution in [2.75, 3.05) is 18.9 Å². The molecular formula is C20H22N4O3S. The summed E-state index contributed by atoms with van der Waals surface area (Å²) in [5.74, 6) is 1.45. The maximum atomic E-state index is 12.2. The molecule has 1 N–H and O–H groups in total. The zero-order valence-electron chi connectivity index (χ0n) is 15.6. The number of aryl methyl sites for hydroxylation is 1. The summed E-state index contributed by atoms with van der Waals surface area (Å²) in [5, 5.41) is 12.2. The van der Waals surface area contributed by atoms with E-state index in [0.717, 1.165) is 25.1 Å². The third-order valence-electron chi connectivity index (χ3n) is 4.55. The van der Waals surface area contributed by atoms with Gasteiger partial charge in [-0.3, -0.25) is 9.36 Å². The summed E-state index contributed by atoms with van der Waals surface area (Å²) in [6.45, 7) is 3.38. The molecule has 1 fully saturated rings. The van der Waals surface area contributed by atoms with Gasteiger partial charge in [-0.15, -0.1) is 10.2 Å². The highest BCUT2D eigenvalue weighted by Gasteiger charge is 2.20. The summed E-state index contributed by atoms with van der Waals surface area (Å²) in [7, 11) is 0. The van der Waals surface area contributed by atoms with Gasteiger partial charge in [0.2, 0.25) is 11.7 Å². The third kappa shape index (κ3) is 4.28. The highest BCUT2D eigenvalue weighted by Crippen LogP contribution is 2.28. The van der Waals surface area contributed by atoms with Crippen LogP contribution in [-0.2, 0) is 9.53 Å². The van der Waals surface area contributed by atoms with Gasteiger partial charge in [-0.2, -0.15) is 0 Å². The fourth-order valence-corrected chi connectivity index (χ4v) is 3.85. The lowest BCUT2D eigenvalue weighted by molar-refractivity contribution is -0.119. The second-order valence-corrected chi connectivity index (χ2v) is 7.62. The van der Waals surface area contributed by atoms with Crippen LogP contribution in [0.15, 0.2) is 52.2 Å². The number of aromatic nitrogens is 3. The number of amides is 1. The lowest BCUT2D eigenvalue weighted by Gasteiger charge is -2.11. The monoisotopic (exact) mass is 398 g/mol. The van der Waals surface area contributed by atoms with Gasteiger partial charge in [-0.05, 0) is 44.0 Å². The molecule has 3 aromatic rings. The Labute approximate surface area is 167 Å². The van der Waals surface area contributed by atoms with Crippen molar-refractivity contribution in [2.24, 2.45) is 0 Å². The summed E-state index contributed by atoms with van der Waals surface area (Å²) in [4.78, 5) is 12.2. The van der Waals surface area contributed by atoms with Crippen molar-refractivity contribution in [2.45, 2.75) is 31.0 Å². The smallest absolute Gasteiger partial charge is 0.230 e. The molecule has 0 spiro atoms. The summed E-state index contributed by atoms with van der Waals surface area (Å²) in [5.41, 5.74) is 2.09. The normalized spacial score (nSPS) is 16.4. The Balaban J connectivity index is 1.50. The number of carbonyl (C=O) groups is 1. The first-order valence-corrected chi connectivity index (χ1v) is 10.3. The van der Waals surface area contributed by atoms with Crippen LogP contribution >= 0.6 is 11.8 Å². The summed E-state index contributed by atoms with van der Waals surface area (Å²) in [6.07, 6.45) is 3.80. The van der Waals surface area contributed by atoms with Crippen LogP contribution in [0.25, 0.3) is 17.3 Å². The number of thioether (sulfide) groups is 1. The number of ether oxygens (including phenoxy) is 1. The number of furan rings is 1. The number of carbonyl (C=O) groups excluding carboxylic acids is 1. The fraction of sp³-hybridized carbons (Fsp3) is 0.350. The fourth-order valence-electron chi connectivity index (χ4n) is 3.07. The lowest BCUT2D eigenvalue weighted by Crippen LogP contribution is -2.32. The molecule has 0 aliphatic carbocycles. The topological polar surface area (TPSA) is 82.2 Å². The average molecular weight is 398 g/mol. The maximum absolute atomic E-state index is 12.2. The van der Waals surface area contributed by atoms with Crippen molar-refractivity contribution in [3.05, 3.63) is 48.2 Å². The van der Waals surface area contributed by atoms with Crippen molar-refractivity contribution in [3.8, 4) is 17.3 Å². The van der Waals surface area contributed by atoms with Crippen molar-refractivity contribution >= 4 is 17.7 Å². The Morgan fingerprint density at radius 3 is 2.86 bits per heavy atom. The molecule has 4 rings (SSSR count). The largest absolute Gasteiger partial charge is 0.461 e. The van der Waals surface area contributed by atoms with Crippen LogP contribution in [-0.4, -0.2) is 45.7 Å². The van der Waals surface area contributed by atoms with Crippen molar-refractivity contribution in [1.29, 1.82) is 0 Å². The molecule has 1 saturated heterocycles. The van der Waals surface area contributed by atoms with Gasteiger partial charge in [0.25, 0.3) is 0 Å². The van der Waals surface area contributed by atoms with Gasteiger partial charge in [0.1, 0.15) is 0 Å². The molecule has 0 radical (unpaired) electrons. The number of nitrogens with one attached hydrogen (secondary N) is 1. The number of benzene rings is 1. The van der Waals surface area contributed by atoms with Crippen LogP contribution < -0.4 is 5.32 Å². The van der Waals surface area contributed by atoms with Crippen LogP contribution in [0.2, 0.25) is 0 Å². The molecule has 3 heterocycles. The molecule has 8 heteroatoms. The zero-order valence-corrected chi connectivity index (χ0v) is 16.4. The van der Waals surface area contributed by atoms with Crippen LogP contribution in [0.4, 0.5) is 0 Å². The second kappa shape index (κ2) is 8.62. The summed E-state index contributed by atoms with van der Waals surface area (Å²) >= 11 is 1.35. The van der Waals surface area contributed by atoms with Crippen LogP contribution in [0.1, 0.15) is 18.4 Å². The number of rotatable bonds is 7. The van der Waals surface area contributed by atoms with E-state index in [1.54, 1.807) is 6.26 Å². The molecule has 1 aromatic carbocycles. The molecule has 1 aliphatic rings. The average Bonchev–Trinajstić information content (AvgIpc) is 3.46. The van der Waals surface area contributed by atoms with E-state index in [1.807, 2.05) is 47.9 Å². The Bertz CT molecular complexity index is 916. The molecule has 0 bridgehead atoms. The van der Waals surface area contributed by atoms with Gasteiger partial charge >= 0.3 is 0 Å². The van der Waals surface area contributed by atoms with Gasteiger partial charge in [0.15, 0.2) is 10.9 Å². The molecular weight excluding hydrogens is 376 g/mol. The number of hydrogen-bond donors (Lipinski definition) is 1. The van der Waals surface area contributed by atoms with E-state index in [4.69, 9.17) is 9.15 Å². The van der Waals surface area contributed by atoms with Crippen LogP contribution in [0.5, 0.6) is 0 Å². The quantitative estimate of drug-likeness (QED) is 0.616. The molecule has 1 amide bonds. The molecule has 1 aliphatic heterocycles. The Morgan fingerprint density at radius 1 is 1.29 bits per heavy atom. The second-order valence-electron chi connectivity index (χ2n) is 6.68. The van der Waals surface area contributed by atoms with Crippen LogP contribution in [0.3, 0.4) is 0 Å². The first-order valence-electron chi connectivity index (χ1n) is 9.28. The Morgan fingerprint density at radius 2 is 2.14 bits per heavy atom. The molecule has 28 heavy (non-hydrogen) atoms. The predicted octanol–water partition coefficient (Wildman–Crippen LogP) is 3.22. The third-order valence-corrected chi connectivity index (χ3v) is 5.48. The molecule has 2 aromatic heterocycles. The van der Waals surface area contributed by atoms with Gasteiger partial charge in [0, 0.05) is 18.8 Å². The minimum Gasteiger partial charge on any atom is -0.461 e. The van der Waals surface area contributed by atoms with E-state index < -0.39 is 0 Å². The number of hydrogen-bond acceptors (Lipinski definition) is 6. The predicted molar refractivity (Wildman–Crippen MR) is 107 cm³/mol. The van der Waals surface area contributed by atoms with E-state index in [-0.39, 0.29) is 17.8 Å². The minimum absolute atomic E-state index is 0.0431. The maximum Gasteiger partial charge on any atom is 0.230 e. The minimum atomic E-state index is -0.0431. The van der Waals surface area contributed by atoms with Crippen molar-refractivity contribution in [1.82, 2.24) is 20.1 Å². The van der Waals surface area contributed by atoms with Crippen molar-refractivity contribution in [3.63, 3.8) is 0 Å². The highest BCUT2D eigenvalue weighted by molar-refractivity contribution is 7.99. The van der Waals surface area contributed by atoms with Gasteiger partial charge in [0.05, 0.1) is 18.1 Å². The zero-order chi connectivity index (χ0) is 19.3. The van der Waals surface area contributed by atoms with E-state index in [0.29, 0.717) is 23.3 Å². The molecule has 1 atom stereocenters. The number of nitrogens with zero attached hydrogens (tertiary/aromatic N) is 3. The summed E-state index contributed by atoms with van der Waals surface area (Å²) < 4.78 is 13.0. The first-order chi connectivity index (χ1) is 13.7. The van der Waals surface area contributed by atoms with E-state index in [2.05, 4.69) is 15.5 Å². The van der Waals surface area contributed by atoms with E-state index in [9.17, 15) is 4.79 Å². The molecule has 7 nitrogen and oxygen atoms in total.